The second-order valence-corrected chi connectivity index (χ2v) is 4.67. The summed E-state index contributed by atoms with van der Waals surface area (Å²) in [5, 5.41) is 5.88. The highest BCUT2D eigenvalue weighted by molar-refractivity contribution is 14.0. The van der Waals surface area contributed by atoms with Crippen LogP contribution in [-0.4, -0.2) is 22.1 Å². The first-order chi connectivity index (χ1) is 11.1. The summed E-state index contributed by atoms with van der Waals surface area (Å²) in [6.07, 6.45) is 2.53. The second kappa shape index (κ2) is 10.2. The van der Waals surface area contributed by atoms with Crippen LogP contribution in [0.3, 0.4) is 0 Å². The van der Waals surface area contributed by atoms with Gasteiger partial charge in [0.1, 0.15) is 11.6 Å². The van der Waals surface area contributed by atoms with Crippen molar-refractivity contribution < 1.29 is 13.2 Å². The van der Waals surface area contributed by atoms with Crippen molar-refractivity contribution in [1.29, 1.82) is 0 Å². The van der Waals surface area contributed by atoms with Crippen LogP contribution in [0.4, 0.5) is 13.2 Å². The Balaban J connectivity index is 0.00000288. The summed E-state index contributed by atoms with van der Waals surface area (Å²) in [5.41, 5.74) is 0.457. The van der Waals surface area contributed by atoms with Gasteiger partial charge < -0.3 is 10.6 Å². The fraction of sp³-hybridized carbons (Fsp3) is 0.333. The lowest BCUT2D eigenvalue weighted by Crippen LogP contribution is -2.37. The minimum absolute atomic E-state index is 0. The molecule has 2 N–H and O–H groups in total. The first-order valence-electron chi connectivity index (χ1n) is 7.17. The number of rotatable bonds is 6. The molecule has 0 amide bonds. The summed E-state index contributed by atoms with van der Waals surface area (Å²) in [5.74, 6) is 0.261. The summed E-state index contributed by atoms with van der Waals surface area (Å²) >= 11 is 0. The van der Waals surface area contributed by atoms with Gasteiger partial charge >= 0.3 is 6.55 Å². The smallest absolute Gasteiger partial charge is 0.319 e. The summed E-state index contributed by atoms with van der Waals surface area (Å²) in [4.78, 5) is 8.13. The van der Waals surface area contributed by atoms with Crippen LogP contribution in [0.5, 0.6) is 0 Å². The molecule has 0 saturated carbocycles. The van der Waals surface area contributed by atoms with Gasteiger partial charge in [0.2, 0.25) is 0 Å². The Kier molecular flexibility index (Phi) is 8.58. The van der Waals surface area contributed by atoms with E-state index in [1.54, 1.807) is 18.2 Å². The van der Waals surface area contributed by atoms with Crippen LogP contribution in [0.2, 0.25) is 0 Å². The van der Waals surface area contributed by atoms with Crippen LogP contribution in [0, 0.1) is 5.82 Å². The minimum Gasteiger partial charge on any atom is -0.357 e. The van der Waals surface area contributed by atoms with Gasteiger partial charge in [-0.15, -0.1) is 24.0 Å². The van der Waals surface area contributed by atoms with Gasteiger partial charge in [-0.3, -0.25) is 4.57 Å². The summed E-state index contributed by atoms with van der Waals surface area (Å²) in [6.45, 7) is 0.0469. The fourth-order valence-corrected chi connectivity index (χ4v) is 1.95. The van der Waals surface area contributed by atoms with Gasteiger partial charge in [0, 0.05) is 24.5 Å². The van der Waals surface area contributed by atoms with E-state index in [2.05, 4.69) is 20.6 Å². The lowest BCUT2D eigenvalue weighted by Gasteiger charge is -2.12. The van der Waals surface area contributed by atoms with E-state index in [1.165, 1.54) is 18.5 Å². The Hall–Kier alpha value is -1.78. The van der Waals surface area contributed by atoms with E-state index in [0.717, 1.165) is 4.57 Å². The quantitative estimate of drug-likeness (QED) is 0.401. The topological polar surface area (TPSA) is 54.2 Å². The van der Waals surface area contributed by atoms with Crippen molar-refractivity contribution in [3.63, 3.8) is 0 Å². The van der Waals surface area contributed by atoms with E-state index >= 15 is 0 Å². The molecule has 0 fully saturated rings. The number of nitrogens with zero attached hydrogens (tertiary/aromatic N) is 3. The standard InChI is InChI=1S/C15H18F3N5.HI/c1-2-19-15(21-9-11-5-3-4-6-12(11)16)22-10-13-20-7-8-23(13)14(17)18;/h3-8,14H,2,9-10H2,1H3,(H2,19,21,22);1H. The average molecular weight is 453 g/mol. The molecule has 24 heavy (non-hydrogen) atoms. The Bertz CT molecular complexity index is 660. The predicted octanol–water partition coefficient (Wildman–Crippen LogP) is 3.29. The van der Waals surface area contributed by atoms with Gasteiger partial charge in [-0.25, -0.2) is 14.4 Å². The maximum Gasteiger partial charge on any atom is 0.319 e. The first-order valence-corrected chi connectivity index (χ1v) is 7.17. The van der Waals surface area contributed by atoms with Gasteiger partial charge in [-0.05, 0) is 13.0 Å². The number of guanidine groups is 1. The fourth-order valence-electron chi connectivity index (χ4n) is 1.95. The molecular formula is C15H19F3IN5. The number of hydrogen-bond donors (Lipinski definition) is 2. The highest BCUT2D eigenvalue weighted by Crippen LogP contribution is 2.12. The molecule has 0 atom stereocenters. The van der Waals surface area contributed by atoms with E-state index in [1.807, 2.05) is 6.92 Å². The molecule has 0 aliphatic carbocycles. The third-order valence-electron chi connectivity index (χ3n) is 3.08. The van der Waals surface area contributed by atoms with Crippen LogP contribution in [0.1, 0.15) is 24.9 Å². The molecule has 9 heteroatoms. The van der Waals surface area contributed by atoms with E-state index < -0.39 is 6.55 Å². The predicted molar refractivity (Wildman–Crippen MR) is 97.0 cm³/mol. The zero-order valence-electron chi connectivity index (χ0n) is 13.0. The van der Waals surface area contributed by atoms with Crippen molar-refractivity contribution >= 4 is 29.9 Å². The molecule has 132 valence electrons. The molecular weight excluding hydrogens is 434 g/mol. The van der Waals surface area contributed by atoms with Gasteiger partial charge in [0.15, 0.2) is 5.96 Å². The molecule has 0 bridgehead atoms. The Morgan fingerprint density at radius 1 is 1.29 bits per heavy atom. The largest absolute Gasteiger partial charge is 0.357 e. The van der Waals surface area contributed by atoms with Crippen molar-refractivity contribution in [3.05, 3.63) is 53.9 Å². The molecule has 0 unspecified atom stereocenters. The first kappa shape index (κ1) is 20.3. The van der Waals surface area contributed by atoms with Crippen LogP contribution in [0.25, 0.3) is 0 Å². The molecule has 2 rings (SSSR count). The Morgan fingerprint density at radius 3 is 2.71 bits per heavy atom. The number of alkyl halides is 2. The van der Waals surface area contributed by atoms with E-state index in [4.69, 9.17) is 0 Å². The van der Waals surface area contributed by atoms with Gasteiger partial charge in [-0.1, -0.05) is 18.2 Å². The molecule has 1 aromatic heterocycles. The van der Waals surface area contributed by atoms with Crippen molar-refractivity contribution in [2.45, 2.75) is 26.6 Å². The zero-order chi connectivity index (χ0) is 16.7. The van der Waals surface area contributed by atoms with Crippen LogP contribution in [-0.2, 0) is 13.1 Å². The monoisotopic (exact) mass is 453 g/mol. The maximum absolute atomic E-state index is 13.6. The third-order valence-corrected chi connectivity index (χ3v) is 3.08. The molecule has 1 aromatic carbocycles. The normalized spacial score (nSPS) is 11.3. The molecule has 0 saturated heterocycles. The molecule has 0 aliphatic heterocycles. The molecule has 2 aromatic rings. The van der Waals surface area contributed by atoms with Crippen LogP contribution < -0.4 is 10.6 Å². The Labute approximate surface area is 155 Å². The van der Waals surface area contributed by atoms with Crippen molar-refractivity contribution in [3.8, 4) is 0 Å². The van der Waals surface area contributed by atoms with Crippen LogP contribution >= 0.6 is 24.0 Å². The SMILES string of the molecule is CCNC(=NCc1ccccc1F)NCc1nccn1C(F)F.I. The lowest BCUT2D eigenvalue weighted by atomic mass is 10.2. The third kappa shape index (κ3) is 5.69. The van der Waals surface area contributed by atoms with E-state index in [9.17, 15) is 13.2 Å². The number of benzene rings is 1. The van der Waals surface area contributed by atoms with Crippen molar-refractivity contribution in [2.75, 3.05) is 6.54 Å². The highest BCUT2D eigenvalue weighted by Gasteiger charge is 2.11. The van der Waals surface area contributed by atoms with E-state index in [-0.39, 0.29) is 48.7 Å². The molecule has 5 nitrogen and oxygen atoms in total. The van der Waals surface area contributed by atoms with Crippen LogP contribution in [0.15, 0.2) is 41.7 Å². The van der Waals surface area contributed by atoms with E-state index in [0.29, 0.717) is 18.1 Å². The highest BCUT2D eigenvalue weighted by atomic mass is 127. The number of halogens is 4. The molecule has 0 aliphatic rings. The van der Waals surface area contributed by atoms with Gasteiger partial charge in [-0.2, -0.15) is 8.78 Å². The van der Waals surface area contributed by atoms with Gasteiger partial charge in [0.25, 0.3) is 0 Å². The summed E-state index contributed by atoms with van der Waals surface area (Å²) in [6, 6.07) is 6.35. The number of hydrogen-bond acceptors (Lipinski definition) is 2. The molecule has 0 radical (unpaired) electrons. The summed E-state index contributed by atoms with van der Waals surface area (Å²) in [7, 11) is 0. The van der Waals surface area contributed by atoms with Gasteiger partial charge in [0.05, 0.1) is 13.1 Å². The minimum atomic E-state index is -2.65. The van der Waals surface area contributed by atoms with Crippen molar-refractivity contribution in [1.82, 2.24) is 20.2 Å². The average Bonchev–Trinajstić information content (AvgIpc) is 3.00. The second-order valence-electron chi connectivity index (χ2n) is 4.67. The number of aliphatic imine (C=N–C) groups is 1. The van der Waals surface area contributed by atoms with Crippen molar-refractivity contribution in [2.24, 2.45) is 4.99 Å². The number of nitrogens with one attached hydrogen (secondary N) is 2. The molecule has 1 heterocycles. The summed E-state index contributed by atoms with van der Waals surface area (Å²) < 4.78 is 39.9. The number of imidazole rings is 1. The molecule has 0 spiro atoms. The lowest BCUT2D eigenvalue weighted by molar-refractivity contribution is 0.0668. The zero-order valence-corrected chi connectivity index (χ0v) is 15.4. The number of aromatic nitrogens is 2. The maximum atomic E-state index is 13.6. The Morgan fingerprint density at radius 2 is 2.04 bits per heavy atom.